The van der Waals surface area contributed by atoms with Crippen LogP contribution in [0.25, 0.3) is 22.2 Å². The molecule has 0 amide bonds. The van der Waals surface area contributed by atoms with Gasteiger partial charge in [0, 0.05) is 48.5 Å². The van der Waals surface area contributed by atoms with Crippen molar-refractivity contribution in [3.8, 4) is 11.3 Å². The van der Waals surface area contributed by atoms with Crippen molar-refractivity contribution < 1.29 is 9.90 Å². The van der Waals surface area contributed by atoms with Crippen molar-refractivity contribution >= 4 is 22.6 Å². The molecule has 2 aromatic heterocycles. The molecule has 152 valence electrons. The number of rotatable bonds is 4. The lowest BCUT2D eigenvalue weighted by molar-refractivity contribution is 0.0695. The van der Waals surface area contributed by atoms with Crippen molar-refractivity contribution in [1.82, 2.24) is 14.9 Å². The molecule has 0 saturated heterocycles. The number of benzene rings is 1. The van der Waals surface area contributed by atoms with Crippen LogP contribution in [-0.2, 0) is 20.0 Å². The zero-order valence-corrected chi connectivity index (χ0v) is 16.9. The summed E-state index contributed by atoms with van der Waals surface area (Å²) in [6.45, 7) is 5.80. The van der Waals surface area contributed by atoms with Crippen LogP contribution >= 0.6 is 0 Å². The standard InChI is InChI=1S/C22H26N4O3/c1-12(2)24-11-15-7-14-9-16-18(10-19(14)26(15)3)23-6-4-5-13-8-17(22(28)29)21(27)25-20(13)16/h7-10,12,23-24H,4-6,11H2,1-3H3,(H,25,27)(H,28,29). The van der Waals surface area contributed by atoms with E-state index < -0.39 is 11.5 Å². The number of carboxylic acids is 1. The van der Waals surface area contributed by atoms with Crippen LogP contribution < -0.4 is 16.2 Å². The van der Waals surface area contributed by atoms with Gasteiger partial charge in [0.25, 0.3) is 5.56 Å². The topological polar surface area (TPSA) is 99.2 Å². The summed E-state index contributed by atoms with van der Waals surface area (Å²) in [7, 11) is 2.06. The number of nitrogens with zero attached hydrogens (tertiary/aromatic N) is 1. The summed E-state index contributed by atoms with van der Waals surface area (Å²) in [6, 6.07) is 8.28. The molecule has 0 fully saturated rings. The zero-order chi connectivity index (χ0) is 20.7. The van der Waals surface area contributed by atoms with Gasteiger partial charge < -0.3 is 25.3 Å². The number of pyridine rings is 1. The quantitative estimate of drug-likeness (QED) is 0.545. The molecular formula is C22H26N4O3. The highest BCUT2D eigenvalue weighted by atomic mass is 16.4. The fourth-order valence-electron chi connectivity index (χ4n) is 3.94. The van der Waals surface area contributed by atoms with Crippen LogP contribution in [0.5, 0.6) is 0 Å². The van der Waals surface area contributed by atoms with Crippen LogP contribution in [0, 0.1) is 0 Å². The highest BCUT2D eigenvalue weighted by Gasteiger charge is 2.20. The molecule has 4 N–H and O–H groups in total. The molecule has 29 heavy (non-hydrogen) atoms. The Bertz CT molecular complexity index is 1160. The number of aryl methyl sites for hydroxylation is 2. The van der Waals surface area contributed by atoms with Gasteiger partial charge in [-0.15, -0.1) is 0 Å². The number of hydrogen-bond acceptors (Lipinski definition) is 4. The number of aromatic nitrogens is 2. The van der Waals surface area contributed by atoms with E-state index in [9.17, 15) is 14.7 Å². The van der Waals surface area contributed by atoms with Crippen molar-refractivity contribution in [3.63, 3.8) is 0 Å². The first kappa shape index (κ1) is 19.3. The van der Waals surface area contributed by atoms with Crippen molar-refractivity contribution in [3.05, 3.63) is 51.4 Å². The van der Waals surface area contributed by atoms with Crippen LogP contribution in [0.3, 0.4) is 0 Å². The molecule has 0 atom stereocenters. The lowest BCUT2D eigenvalue weighted by Crippen LogP contribution is -2.23. The first-order chi connectivity index (χ1) is 13.8. The van der Waals surface area contributed by atoms with Gasteiger partial charge in [0.15, 0.2) is 0 Å². The lowest BCUT2D eigenvalue weighted by Gasteiger charge is -2.19. The predicted octanol–water partition coefficient (Wildman–Crippen LogP) is 3.09. The minimum absolute atomic E-state index is 0.207. The molecule has 0 spiro atoms. The highest BCUT2D eigenvalue weighted by molar-refractivity contribution is 5.94. The van der Waals surface area contributed by atoms with Crippen LogP contribution in [0.4, 0.5) is 5.69 Å². The first-order valence-corrected chi connectivity index (χ1v) is 9.94. The third-order valence-corrected chi connectivity index (χ3v) is 5.53. The Labute approximate surface area is 168 Å². The third kappa shape index (κ3) is 3.53. The van der Waals surface area contributed by atoms with Gasteiger partial charge >= 0.3 is 5.97 Å². The Hall–Kier alpha value is -3.06. The van der Waals surface area contributed by atoms with E-state index in [1.165, 1.54) is 11.8 Å². The van der Waals surface area contributed by atoms with Gasteiger partial charge in [-0.3, -0.25) is 4.79 Å². The molecule has 0 radical (unpaired) electrons. The Morgan fingerprint density at radius 1 is 1.28 bits per heavy atom. The molecular weight excluding hydrogens is 368 g/mol. The summed E-state index contributed by atoms with van der Waals surface area (Å²) in [5, 5.41) is 17.3. The first-order valence-electron chi connectivity index (χ1n) is 9.94. The monoisotopic (exact) mass is 394 g/mol. The van der Waals surface area contributed by atoms with Crippen molar-refractivity contribution in [2.24, 2.45) is 7.05 Å². The maximum Gasteiger partial charge on any atom is 0.341 e. The van der Waals surface area contributed by atoms with Gasteiger partial charge in [-0.05, 0) is 42.7 Å². The summed E-state index contributed by atoms with van der Waals surface area (Å²) < 4.78 is 2.18. The number of fused-ring (bicyclic) bond motifs is 4. The Balaban J connectivity index is 1.89. The van der Waals surface area contributed by atoms with Crippen molar-refractivity contribution in [2.45, 2.75) is 39.3 Å². The molecule has 0 bridgehead atoms. The fourth-order valence-corrected chi connectivity index (χ4v) is 3.94. The third-order valence-electron chi connectivity index (χ3n) is 5.53. The maximum atomic E-state index is 12.3. The molecule has 3 aromatic rings. The highest BCUT2D eigenvalue weighted by Crippen LogP contribution is 2.36. The number of H-pyrrole nitrogens is 1. The second-order valence-corrected chi connectivity index (χ2v) is 7.93. The number of aromatic amines is 1. The van der Waals surface area contributed by atoms with Crippen LogP contribution in [0.2, 0.25) is 0 Å². The largest absolute Gasteiger partial charge is 0.477 e. The molecule has 0 aliphatic carbocycles. The van der Waals surface area contributed by atoms with E-state index in [0.29, 0.717) is 18.2 Å². The molecule has 1 aromatic carbocycles. The van der Waals surface area contributed by atoms with E-state index in [2.05, 4.69) is 59.3 Å². The number of aromatic carboxylic acids is 1. The minimum Gasteiger partial charge on any atom is -0.477 e. The van der Waals surface area contributed by atoms with E-state index in [1.807, 2.05) is 0 Å². The van der Waals surface area contributed by atoms with Crippen LogP contribution in [-0.4, -0.2) is 33.2 Å². The molecule has 4 rings (SSSR count). The summed E-state index contributed by atoms with van der Waals surface area (Å²) >= 11 is 0. The summed E-state index contributed by atoms with van der Waals surface area (Å²) in [5.41, 5.74) is 4.93. The van der Waals surface area contributed by atoms with Crippen LogP contribution in [0.1, 0.15) is 41.9 Å². The van der Waals surface area contributed by atoms with Gasteiger partial charge in [0.05, 0.1) is 11.2 Å². The summed E-state index contributed by atoms with van der Waals surface area (Å²) in [5.74, 6) is -1.20. The van der Waals surface area contributed by atoms with E-state index in [-0.39, 0.29) is 5.56 Å². The fraction of sp³-hybridized carbons (Fsp3) is 0.364. The van der Waals surface area contributed by atoms with Gasteiger partial charge in [-0.25, -0.2) is 4.79 Å². The minimum atomic E-state index is -1.20. The number of carboxylic acid groups (broad SMARTS) is 1. The van der Waals surface area contributed by atoms with Crippen molar-refractivity contribution in [1.29, 1.82) is 0 Å². The molecule has 7 nitrogen and oxygen atoms in total. The summed E-state index contributed by atoms with van der Waals surface area (Å²) in [6.07, 6.45) is 1.56. The second kappa shape index (κ2) is 7.40. The molecule has 7 heteroatoms. The molecule has 1 aliphatic rings. The number of anilines is 1. The lowest BCUT2D eigenvalue weighted by atomic mass is 9.96. The maximum absolute atomic E-state index is 12.3. The molecule has 0 saturated carbocycles. The Kier molecular flexibility index (Phi) is 4.92. The Morgan fingerprint density at radius 3 is 2.79 bits per heavy atom. The number of nitrogens with one attached hydrogen (secondary N) is 3. The van der Waals surface area contributed by atoms with E-state index in [1.54, 1.807) is 0 Å². The Morgan fingerprint density at radius 2 is 2.07 bits per heavy atom. The van der Waals surface area contributed by atoms with Gasteiger partial charge in [-0.1, -0.05) is 13.8 Å². The number of hydrogen-bond donors (Lipinski definition) is 4. The van der Waals surface area contributed by atoms with Gasteiger partial charge in [-0.2, -0.15) is 0 Å². The van der Waals surface area contributed by atoms with Crippen LogP contribution in [0.15, 0.2) is 29.1 Å². The predicted molar refractivity (Wildman–Crippen MR) is 115 cm³/mol. The second-order valence-electron chi connectivity index (χ2n) is 7.93. The van der Waals surface area contributed by atoms with E-state index in [0.717, 1.165) is 47.2 Å². The average molecular weight is 394 g/mol. The van der Waals surface area contributed by atoms with Crippen molar-refractivity contribution in [2.75, 3.05) is 11.9 Å². The average Bonchev–Trinajstić information content (AvgIpc) is 2.97. The van der Waals surface area contributed by atoms with E-state index in [4.69, 9.17) is 0 Å². The molecule has 3 heterocycles. The van der Waals surface area contributed by atoms with Gasteiger partial charge in [0.2, 0.25) is 0 Å². The van der Waals surface area contributed by atoms with Gasteiger partial charge in [0.1, 0.15) is 5.56 Å². The van der Waals surface area contributed by atoms with E-state index >= 15 is 0 Å². The normalized spacial score (nSPS) is 13.5. The zero-order valence-electron chi connectivity index (χ0n) is 16.9. The summed E-state index contributed by atoms with van der Waals surface area (Å²) in [4.78, 5) is 26.6. The molecule has 1 aliphatic heterocycles. The number of carbonyl (C=O) groups is 1. The SMILES string of the molecule is CC(C)NCc1cc2cc3c(cc2n1C)NCCCc1cc(C(=O)O)c(=O)[nH]c1-3. The molecule has 0 unspecified atom stereocenters. The smallest absolute Gasteiger partial charge is 0.341 e.